The molecule has 1 spiro atoms. The molecule has 22 heavy (non-hydrogen) atoms. The van der Waals surface area contributed by atoms with Crippen molar-refractivity contribution in [3.63, 3.8) is 0 Å². The summed E-state index contributed by atoms with van der Waals surface area (Å²) in [6, 6.07) is 0. The minimum Gasteiger partial charge on any atom is -0.343 e. The number of rotatable bonds is 4. The molecule has 0 radical (unpaired) electrons. The Morgan fingerprint density at radius 1 is 1.23 bits per heavy atom. The number of hydrogen-bond donors (Lipinski definition) is 2. The van der Waals surface area contributed by atoms with Gasteiger partial charge in [0.15, 0.2) is 0 Å². The Morgan fingerprint density at radius 2 is 2.09 bits per heavy atom. The molecule has 0 unspecified atom stereocenters. The molecular weight excluding hydrogens is 276 g/mol. The van der Waals surface area contributed by atoms with Gasteiger partial charge in [-0.15, -0.1) is 0 Å². The first-order valence-corrected chi connectivity index (χ1v) is 8.74. The van der Waals surface area contributed by atoms with E-state index < -0.39 is 0 Å². The molecule has 2 N–H and O–H groups in total. The van der Waals surface area contributed by atoms with Crippen LogP contribution in [0.2, 0.25) is 0 Å². The second-order valence-electron chi connectivity index (χ2n) is 6.94. The third kappa shape index (κ3) is 3.88. The fourth-order valence-electron chi connectivity index (χ4n) is 3.98. The molecule has 0 aromatic carbocycles. The number of hydrogen-bond acceptors (Lipinski definition) is 3. The maximum absolute atomic E-state index is 12.4. The molecule has 1 amide bonds. The number of nitrogens with zero attached hydrogens (tertiary/aromatic N) is 2. The van der Waals surface area contributed by atoms with Crippen molar-refractivity contribution in [3.8, 4) is 0 Å². The lowest BCUT2D eigenvalue weighted by Crippen LogP contribution is -2.38. The lowest BCUT2D eigenvalue weighted by atomic mass is 9.73. The van der Waals surface area contributed by atoms with Crippen LogP contribution in [0, 0.1) is 5.41 Å². The summed E-state index contributed by atoms with van der Waals surface area (Å²) in [4.78, 5) is 14.6. The van der Waals surface area contributed by atoms with E-state index >= 15 is 0 Å². The van der Waals surface area contributed by atoms with Gasteiger partial charge in [-0.1, -0.05) is 0 Å². The molecule has 122 valence electrons. The topological polar surface area (TPSA) is 61.0 Å². The summed E-state index contributed by atoms with van der Waals surface area (Å²) in [5.41, 5.74) is 1.70. The van der Waals surface area contributed by atoms with Crippen LogP contribution < -0.4 is 5.32 Å². The van der Waals surface area contributed by atoms with E-state index in [-0.39, 0.29) is 0 Å². The quantitative estimate of drug-likeness (QED) is 0.895. The number of aromatic amines is 1. The van der Waals surface area contributed by atoms with E-state index in [9.17, 15) is 4.79 Å². The van der Waals surface area contributed by atoms with Crippen molar-refractivity contribution < 1.29 is 4.79 Å². The van der Waals surface area contributed by atoms with E-state index in [1.165, 1.54) is 37.7 Å². The normalized spacial score (nSPS) is 21.7. The lowest BCUT2D eigenvalue weighted by molar-refractivity contribution is -0.131. The maximum Gasteiger partial charge on any atom is 0.222 e. The zero-order valence-electron chi connectivity index (χ0n) is 13.4. The number of carbonyl (C=O) groups excluding carboxylic acids is 1. The third-order valence-electron chi connectivity index (χ3n) is 5.48. The van der Waals surface area contributed by atoms with Gasteiger partial charge in [0.25, 0.3) is 0 Å². The zero-order valence-corrected chi connectivity index (χ0v) is 13.4. The van der Waals surface area contributed by atoms with Crippen LogP contribution in [0.4, 0.5) is 0 Å². The molecule has 5 heteroatoms. The molecule has 0 saturated carbocycles. The second-order valence-corrected chi connectivity index (χ2v) is 6.94. The Labute approximate surface area is 132 Å². The first-order valence-electron chi connectivity index (χ1n) is 8.74. The van der Waals surface area contributed by atoms with Crippen molar-refractivity contribution in [2.24, 2.45) is 5.41 Å². The number of carbonyl (C=O) groups is 1. The maximum atomic E-state index is 12.4. The zero-order chi connectivity index (χ0) is 15.3. The van der Waals surface area contributed by atoms with Crippen LogP contribution in [0.25, 0.3) is 0 Å². The van der Waals surface area contributed by atoms with Crippen LogP contribution in [0.3, 0.4) is 0 Å². The molecule has 1 aromatic rings. The highest BCUT2D eigenvalue weighted by Gasteiger charge is 2.34. The molecule has 0 atom stereocenters. The van der Waals surface area contributed by atoms with E-state index in [2.05, 4.69) is 20.4 Å². The van der Waals surface area contributed by atoms with Crippen LogP contribution in [-0.2, 0) is 11.2 Å². The fraction of sp³-hybridized carbons (Fsp3) is 0.765. The number of likely N-dealkylation sites (tertiary alicyclic amines) is 1. The van der Waals surface area contributed by atoms with E-state index in [1.54, 1.807) is 0 Å². The predicted octanol–water partition coefficient (Wildman–Crippen LogP) is 2.11. The van der Waals surface area contributed by atoms with E-state index in [0.717, 1.165) is 39.0 Å². The minimum absolute atomic E-state index is 0.342. The van der Waals surface area contributed by atoms with Crippen molar-refractivity contribution >= 4 is 5.91 Å². The predicted molar refractivity (Wildman–Crippen MR) is 86.5 cm³/mol. The molecule has 0 aliphatic carbocycles. The number of H-pyrrole nitrogens is 1. The fourth-order valence-corrected chi connectivity index (χ4v) is 3.98. The van der Waals surface area contributed by atoms with Gasteiger partial charge in [0, 0.05) is 25.7 Å². The molecule has 2 fully saturated rings. The van der Waals surface area contributed by atoms with Crippen molar-refractivity contribution in [2.45, 2.75) is 51.4 Å². The Morgan fingerprint density at radius 3 is 2.86 bits per heavy atom. The van der Waals surface area contributed by atoms with Gasteiger partial charge >= 0.3 is 0 Å². The monoisotopic (exact) mass is 304 g/mol. The van der Waals surface area contributed by atoms with Crippen molar-refractivity contribution in [3.05, 3.63) is 18.0 Å². The van der Waals surface area contributed by atoms with Gasteiger partial charge in [-0.05, 0) is 69.0 Å². The molecule has 0 bridgehead atoms. The molecule has 5 nitrogen and oxygen atoms in total. The average molecular weight is 304 g/mol. The van der Waals surface area contributed by atoms with Crippen molar-refractivity contribution in [1.82, 2.24) is 20.4 Å². The van der Waals surface area contributed by atoms with Crippen molar-refractivity contribution in [2.75, 3.05) is 26.2 Å². The standard InChI is InChI=1S/C17H28N4O/c22-16(4-1-3-15-13-19-20-14-15)21-11-2-5-17(8-12-21)6-9-18-10-7-17/h13-14,18H,1-12H2,(H,19,20). The van der Waals surface area contributed by atoms with Crippen molar-refractivity contribution in [1.29, 1.82) is 0 Å². The van der Waals surface area contributed by atoms with E-state index in [1.807, 2.05) is 12.4 Å². The van der Waals surface area contributed by atoms with Crippen LogP contribution in [-0.4, -0.2) is 47.2 Å². The highest BCUT2D eigenvalue weighted by molar-refractivity contribution is 5.76. The molecule has 1 aromatic heterocycles. The number of nitrogens with one attached hydrogen (secondary N) is 2. The third-order valence-corrected chi connectivity index (χ3v) is 5.48. The Kier molecular flexibility index (Phi) is 5.13. The summed E-state index contributed by atoms with van der Waals surface area (Å²) in [7, 11) is 0. The summed E-state index contributed by atoms with van der Waals surface area (Å²) in [6.45, 7) is 4.22. The van der Waals surface area contributed by atoms with Crippen LogP contribution in [0.1, 0.15) is 50.5 Å². The van der Waals surface area contributed by atoms with Crippen LogP contribution >= 0.6 is 0 Å². The summed E-state index contributed by atoms with van der Waals surface area (Å²) in [5.74, 6) is 0.342. The smallest absolute Gasteiger partial charge is 0.222 e. The van der Waals surface area contributed by atoms with E-state index in [0.29, 0.717) is 17.7 Å². The molecule has 2 aliphatic heterocycles. The van der Waals surface area contributed by atoms with Gasteiger partial charge in [-0.2, -0.15) is 5.10 Å². The van der Waals surface area contributed by atoms with Gasteiger partial charge in [0.2, 0.25) is 5.91 Å². The summed E-state index contributed by atoms with van der Waals surface area (Å²) >= 11 is 0. The lowest BCUT2D eigenvalue weighted by Gasteiger charge is -2.37. The molecule has 3 heterocycles. The Bertz CT molecular complexity index is 465. The Hall–Kier alpha value is -1.36. The van der Waals surface area contributed by atoms with Crippen LogP contribution in [0.15, 0.2) is 12.4 Å². The van der Waals surface area contributed by atoms with Gasteiger partial charge < -0.3 is 10.2 Å². The number of aromatic nitrogens is 2. The largest absolute Gasteiger partial charge is 0.343 e. The van der Waals surface area contributed by atoms with Gasteiger partial charge in [-0.3, -0.25) is 9.89 Å². The highest BCUT2D eigenvalue weighted by Crippen LogP contribution is 2.39. The number of piperidine rings is 1. The SMILES string of the molecule is O=C(CCCc1cn[nH]c1)N1CCCC2(CCNCC2)CC1. The molecule has 3 rings (SSSR count). The minimum atomic E-state index is 0.342. The first-order chi connectivity index (χ1) is 10.8. The summed E-state index contributed by atoms with van der Waals surface area (Å²) in [5, 5.41) is 10.2. The number of aryl methyl sites for hydroxylation is 1. The molecule has 2 aliphatic rings. The highest BCUT2D eigenvalue weighted by atomic mass is 16.2. The molecular formula is C17H28N4O. The van der Waals surface area contributed by atoms with Gasteiger partial charge in [0.05, 0.1) is 6.20 Å². The van der Waals surface area contributed by atoms with Gasteiger partial charge in [-0.25, -0.2) is 0 Å². The second kappa shape index (κ2) is 7.27. The first kappa shape index (κ1) is 15.5. The summed E-state index contributed by atoms with van der Waals surface area (Å²) in [6.07, 6.45) is 12.5. The van der Waals surface area contributed by atoms with Crippen LogP contribution in [0.5, 0.6) is 0 Å². The molecule has 2 saturated heterocycles. The Balaban J connectivity index is 1.44. The summed E-state index contributed by atoms with van der Waals surface area (Å²) < 4.78 is 0. The number of amides is 1. The van der Waals surface area contributed by atoms with E-state index in [4.69, 9.17) is 0 Å². The average Bonchev–Trinajstić information content (AvgIpc) is 2.97. The van der Waals surface area contributed by atoms with Gasteiger partial charge in [0.1, 0.15) is 0 Å².